The number of fused-ring (bicyclic) bond motifs is 3. The molecule has 0 bridgehead atoms. The number of methoxy groups -OCH3 is 2. The summed E-state index contributed by atoms with van der Waals surface area (Å²) in [6, 6.07) is 3.98. The summed E-state index contributed by atoms with van der Waals surface area (Å²) >= 11 is 0. The van der Waals surface area contributed by atoms with E-state index in [2.05, 4.69) is 4.72 Å². The molecule has 2 aliphatic heterocycles. The maximum atomic E-state index is 15.1. The van der Waals surface area contributed by atoms with Crippen molar-refractivity contribution in [1.29, 1.82) is 0 Å². The smallest absolute Gasteiger partial charge is 0.427 e. The van der Waals surface area contributed by atoms with Crippen molar-refractivity contribution < 1.29 is 59.7 Å². The Balaban J connectivity index is 1.40. The van der Waals surface area contributed by atoms with Crippen LogP contribution in [-0.4, -0.2) is 103 Å². The molecule has 3 fully saturated rings. The molecule has 3 heterocycles. The molecule has 1 aromatic carbocycles. The second-order valence-corrected chi connectivity index (χ2v) is 21.0. The number of esters is 1. The van der Waals surface area contributed by atoms with Crippen LogP contribution in [0.2, 0.25) is 0 Å². The molecule has 1 saturated heterocycles. The van der Waals surface area contributed by atoms with Gasteiger partial charge in [0.2, 0.25) is 33.3 Å². The predicted molar refractivity (Wildman–Crippen MR) is 221 cm³/mol. The third kappa shape index (κ3) is 9.90. The minimum Gasteiger partial charge on any atom is -0.497 e. The van der Waals surface area contributed by atoms with Crippen LogP contribution in [-0.2, 0) is 38.7 Å². The lowest BCUT2D eigenvalue weighted by Gasteiger charge is -2.34. The van der Waals surface area contributed by atoms with Gasteiger partial charge in [-0.05, 0) is 89.2 Å². The molecule has 0 spiro atoms. The van der Waals surface area contributed by atoms with E-state index in [0.29, 0.717) is 54.6 Å². The number of hydrogen-bond acceptors (Lipinski definition) is 12. The standard InChI is InChI=1S/C44H59F3N4O10S/c1-25(2)37-38(49-33-18-29(59-8)13-14-32(33)48-37)60-30-19-34-35(52)22-43(40(55)50-62(56,57)42(6)15-16-42)21-28(43)12-10-9-11-26(3)17-27(24-58-7)31(39(54)51(34)23-30)20-36(53)61-41(4,5)44(45,46)47/h10,12-14,18,25-28,30-31,34H,9,11,15-17,19-24H2,1-8H3,(H,50,55)/b12-10-/t26-,27-,28+,30+,31-,34-,43+/m0/s1. The number of carbonyl (C=O) groups excluding carboxylic acids is 4. The molecular weight excluding hydrogens is 834 g/mol. The summed E-state index contributed by atoms with van der Waals surface area (Å²) in [5, 5.41) is 0. The summed E-state index contributed by atoms with van der Waals surface area (Å²) in [4.78, 5) is 68.4. The number of aromatic nitrogens is 2. The van der Waals surface area contributed by atoms with Gasteiger partial charge in [-0.2, -0.15) is 13.2 Å². The van der Waals surface area contributed by atoms with Gasteiger partial charge in [-0.3, -0.25) is 23.9 Å². The van der Waals surface area contributed by atoms with Crippen LogP contribution in [0.4, 0.5) is 13.2 Å². The zero-order chi connectivity index (χ0) is 45.6. The van der Waals surface area contributed by atoms with Crippen molar-refractivity contribution in [3.63, 3.8) is 0 Å². The molecule has 62 heavy (non-hydrogen) atoms. The Kier molecular flexibility index (Phi) is 13.5. The van der Waals surface area contributed by atoms with Crippen molar-refractivity contribution >= 4 is 44.6 Å². The average molecular weight is 893 g/mol. The molecule has 2 aliphatic carbocycles. The Labute approximate surface area is 361 Å². The number of benzene rings is 1. The number of ketones is 1. The summed E-state index contributed by atoms with van der Waals surface area (Å²) in [5.74, 6) is -5.20. The van der Waals surface area contributed by atoms with Crippen molar-refractivity contribution in [2.24, 2.45) is 29.1 Å². The second-order valence-electron chi connectivity index (χ2n) is 18.8. The van der Waals surface area contributed by atoms with E-state index in [4.69, 9.17) is 28.9 Å². The highest BCUT2D eigenvalue weighted by molar-refractivity contribution is 7.91. The van der Waals surface area contributed by atoms with Gasteiger partial charge in [0.1, 0.15) is 17.5 Å². The molecule has 0 unspecified atom stereocenters. The zero-order valence-corrected chi connectivity index (χ0v) is 37.5. The fourth-order valence-corrected chi connectivity index (χ4v) is 9.97. The summed E-state index contributed by atoms with van der Waals surface area (Å²) in [6.07, 6.45) is -0.722. The molecule has 0 radical (unpaired) electrons. The minimum absolute atomic E-state index is 0.0223. The quantitative estimate of drug-likeness (QED) is 0.178. The molecule has 2 saturated carbocycles. The highest BCUT2D eigenvalue weighted by atomic mass is 32.2. The molecule has 6 rings (SSSR count). The number of ether oxygens (including phenoxy) is 4. The van der Waals surface area contributed by atoms with E-state index in [0.717, 1.165) is 13.8 Å². The third-order valence-corrected chi connectivity index (χ3v) is 15.3. The van der Waals surface area contributed by atoms with Gasteiger partial charge in [0.05, 0.1) is 53.2 Å². The van der Waals surface area contributed by atoms with E-state index in [9.17, 15) is 36.0 Å². The average Bonchev–Trinajstić information content (AvgIpc) is 4.07. The number of sulfonamides is 1. The number of rotatable bonds is 12. The minimum atomic E-state index is -4.90. The molecule has 342 valence electrons. The van der Waals surface area contributed by atoms with Gasteiger partial charge in [0.25, 0.3) is 0 Å². The van der Waals surface area contributed by atoms with E-state index in [-0.39, 0.29) is 43.7 Å². The summed E-state index contributed by atoms with van der Waals surface area (Å²) in [6.45, 7) is 8.59. The van der Waals surface area contributed by atoms with Crippen molar-refractivity contribution in [1.82, 2.24) is 19.6 Å². The first-order chi connectivity index (χ1) is 28.9. The van der Waals surface area contributed by atoms with Gasteiger partial charge in [0, 0.05) is 38.5 Å². The SMILES string of the molecule is COC[C@@H]1C[C@@H](C)CC/C=C\[C@@H]2C[C@@]2(C(=O)NS(=O)(=O)C2(C)CC2)CC(=O)[C@@H]2C[C@@H](Oc3nc4cc(OC)ccc4nc3C(C)C)CN2C(=O)[C@H]1CC(=O)OC(C)(C)C(F)(F)F. The molecule has 2 amide bonds. The van der Waals surface area contributed by atoms with Crippen molar-refractivity contribution in [3.8, 4) is 11.6 Å². The van der Waals surface area contributed by atoms with Gasteiger partial charge in [0.15, 0.2) is 5.78 Å². The number of allylic oxidation sites excluding steroid dienone is 2. The van der Waals surface area contributed by atoms with Crippen LogP contribution in [0, 0.1) is 29.1 Å². The number of hydrogen-bond donors (Lipinski definition) is 1. The molecule has 1 N–H and O–H groups in total. The lowest BCUT2D eigenvalue weighted by Crippen LogP contribution is -2.49. The van der Waals surface area contributed by atoms with Crippen molar-refractivity contribution in [2.45, 2.75) is 134 Å². The number of carbonyl (C=O) groups is 4. The Bertz CT molecular complexity index is 2190. The highest BCUT2D eigenvalue weighted by Crippen LogP contribution is 2.58. The fraction of sp³-hybridized carbons (Fsp3) is 0.682. The lowest BCUT2D eigenvalue weighted by molar-refractivity contribution is -0.257. The molecule has 2 aromatic rings. The summed E-state index contributed by atoms with van der Waals surface area (Å²) < 4.78 is 92.0. The van der Waals surface area contributed by atoms with E-state index < -0.39 is 98.3 Å². The Morgan fingerprint density at radius 1 is 1.06 bits per heavy atom. The van der Waals surface area contributed by atoms with Gasteiger partial charge in [-0.15, -0.1) is 0 Å². The van der Waals surface area contributed by atoms with Crippen molar-refractivity contribution in [2.75, 3.05) is 27.4 Å². The van der Waals surface area contributed by atoms with Crippen LogP contribution in [0.25, 0.3) is 11.0 Å². The number of alkyl halides is 3. The first-order valence-corrected chi connectivity index (χ1v) is 22.8. The zero-order valence-electron chi connectivity index (χ0n) is 36.7. The molecular formula is C44H59F3N4O10S. The lowest BCUT2D eigenvalue weighted by atomic mass is 9.81. The summed E-state index contributed by atoms with van der Waals surface area (Å²) in [7, 11) is -1.11. The second kappa shape index (κ2) is 17.7. The van der Waals surface area contributed by atoms with E-state index in [1.807, 2.05) is 32.9 Å². The number of amides is 2. The number of nitrogens with zero attached hydrogens (tertiary/aromatic N) is 3. The van der Waals surface area contributed by atoms with Crippen LogP contribution in [0.1, 0.15) is 111 Å². The first-order valence-electron chi connectivity index (χ1n) is 21.3. The molecule has 7 atom stereocenters. The molecule has 1 aromatic heterocycles. The Hall–Kier alpha value is -4.32. The molecule has 4 aliphatic rings. The van der Waals surface area contributed by atoms with E-state index >= 15 is 4.79 Å². The maximum absolute atomic E-state index is 15.1. The first kappa shape index (κ1) is 47.2. The highest BCUT2D eigenvalue weighted by Gasteiger charge is 2.63. The number of nitrogens with one attached hydrogen (secondary N) is 1. The monoisotopic (exact) mass is 892 g/mol. The Morgan fingerprint density at radius 2 is 1.77 bits per heavy atom. The summed E-state index contributed by atoms with van der Waals surface area (Å²) in [5.41, 5.74) is -2.70. The molecule has 18 heteroatoms. The van der Waals surface area contributed by atoms with Crippen LogP contribution >= 0.6 is 0 Å². The largest absolute Gasteiger partial charge is 0.497 e. The Morgan fingerprint density at radius 3 is 2.40 bits per heavy atom. The molecule has 14 nitrogen and oxygen atoms in total. The van der Waals surface area contributed by atoms with Gasteiger partial charge < -0.3 is 23.8 Å². The number of Topliss-reactive ketones (excluding diaryl/α,β-unsaturated/α-hetero) is 1. The number of halogens is 3. The van der Waals surface area contributed by atoms with E-state index in [1.165, 1.54) is 19.1 Å². The maximum Gasteiger partial charge on any atom is 0.427 e. The predicted octanol–water partition coefficient (Wildman–Crippen LogP) is 6.60. The van der Waals surface area contributed by atoms with Crippen LogP contribution in [0.15, 0.2) is 30.4 Å². The normalized spacial score (nSPS) is 28.6. The van der Waals surface area contributed by atoms with Crippen molar-refractivity contribution in [3.05, 3.63) is 36.0 Å². The van der Waals surface area contributed by atoms with E-state index in [1.54, 1.807) is 25.1 Å². The third-order valence-electron chi connectivity index (χ3n) is 13.1. The topological polar surface area (TPSA) is 180 Å². The van der Waals surface area contributed by atoms with Crippen LogP contribution < -0.4 is 14.2 Å². The fourth-order valence-electron chi connectivity index (χ4n) is 8.63. The van der Waals surface area contributed by atoms with Gasteiger partial charge in [-0.1, -0.05) is 32.9 Å². The van der Waals surface area contributed by atoms with Gasteiger partial charge in [-0.25, -0.2) is 18.4 Å². The van der Waals surface area contributed by atoms with Gasteiger partial charge >= 0.3 is 12.1 Å². The van der Waals surface area contributed by atoms with Crippen LogP contribution in [0.5, 0.6) is 11.6 Å². The van der Waals surface area contributed by atoms with Crippen LogP contribution in [0.3, 0.4) is 0 Å².